The van der Waals surface area contributed by atoms with E-state index in [2.05, 4.69) is 58.5 Å². The second-order valence-corrected chi connectivity index (χ2v) is 8.72. The molecule has 33 heavy (non-hydrogen) atoms. The molecular formula is C25H28N6O2. The predicted molar refractivity (Wildman–Crippen MR) is 126 cm³/mol. The van der Waals surface area contributed by atoms with Crippen LogP contribution in [-0.2, 0) is 11.3 Å². The number of piperidine rings is 1. The zero-order valence-electron chi connectivity index (χ0n) is 19.2. The zero-order valence-corrected chi connectivity index (χ0v) is 19.2. The van der Waals surface area contributed by atoms with Crippen LogP contribution in [0.2, 0.25) is 0 Å². The monoisotopic (exact) mass is 444 g/mol. The van der Waals surface area contributed by atoms with Crippen LogP contribution in [0, 0.1) is 26.7 Å². The summed E-state index contributed by atoms with van der Waals surface area (Å²) in [6, 6.07) is 12.0. The van der Waals surface area contributed by atoms with E-state index in [9.17, 15) is 4.79 Å². The summed E-state index contributed by atoms with van der Waals surface area (Å²) in [5.74, 6) is 1.61. The highest BCUT2D eigenvalue weighted by molar-refractivity contribution is 5.92. The van der Waals surface area contributed by atoms with Gasteiger partial charge in [0, 0.05) is 19.0 Å². The maximum atomic E-state index is 12.6. The maximum Gasteiger partial charge on any atom is 0.223 e. The molecule has 1 aromatic carbocycles. The Morgan fingerprint density at radius 3 is 2.55 bits per heavy atom. The molecule has 1 N–H and O–H groups in total. The van der Waals surface area contributed by atoms with E-state index in [1.54, 1.807) is 6.26 Å². The fourth-order valence-electron chi connectivity index (χ4n) is 4.55. The smallest absolute Gasteiger partial charge is 0.223 e. The summed E-state index contributed by atoms with van der Waals surface area (Å²) in [6.45, 7) is 8.02. The van der Waals surface area contributed by atoms with Gasteiger partial charge in [-0.2, -0.15) is 10.2 Å². The molecule has 0 spiro atoms. The second kappa shape index (κ2) is 8.69. The summed E-state index contributed by atoms with van der Waals surface area (Å²) < 4.78 is 7.27. The minimum atomic E-state index is -0.0167. The molecule has 0 unspecified atom stereocenters. The highest BCUT2D eigenvalue weighted by Gasteiger charge is 2.28. The molecule has 0 atom stereocenters. The highest BCUT2D eigenvalue weighted by atomic mass is 16.3. The number of carbonyl (C=O) groups is 1. The molecule has 8 nitrogen and oxygen atoms in total. The van der Waals surface area contributed by atoms with E-state index in [0.29, 0.717) is 6.54 Å². The molecule has 4 heterocycles. The number of furan rings is 1. The average molecular weight is 445 g/mol. The van der Waals surface area contributed by atoms with E-state index in [-0.39, 0.29) is 11.8 Å². The molecular weight excluding hydrogens is 416 g/mol. The van der Waals surface area contributed by atoms with Crippen LogP contribution in [0.25, 0.3) is 16.6 Å². The van der Waals surface area contributed by atoms with Crippen LogP contribution in [0.3, 0.4) is 0 Å². The van der Waals surface area contributed by atoms with Crippen LogP contribution >= 0.6 is 0 Å². The molecule has 4 aromatic rings. The lowest BCUT2D eigenvalue weighted by Gasteiger charge is -2.31. The summed E-state index contributed by atoms with van der Waals surface area (Å²) in [5.41, 5.74) is 5.02. The minimum Gasteiger partial charge on any atom is -0.467 e. The van der Waals surface area contributed by atoms with Crippen molar-refractivity contribution in [2.45, 2.75) is 40.2 Å². The van der Waals surface area contributed by atoms with E-state index >= 15 is 0 Å². The van der Waals surface area contributed by atoms with Crippen molar-refractivity contribution in [2.75, 3.05) is 18.0 Å². The van der Waals surface area contributed by atoms with E-state index in [1.165, 1.54) is 5.56 Å². The standard InChI is InChI=1S/C25H28N6O2/c1-16-6-8-20(9-7-16)31-18(3)22-17(2)27-28-24(23(22)29-31)30-12-10-19(11-13-30)25(32)26-15-21-5-4-14-33-21/h4-9,14,19H,10-13,15H2,1-3H3,(H,26,32). The molecule has 0 aliphatic carbocycles. The third-order valence-electron chi connectivity index (χ3n) is 6.45. The van der Waals surface area contributed by atoms with E-state index in [0.717, 1.165) is 65.5 Å². The van der Waals surface area contributed by atoms with Crippen molar-refractivity contribution in [3.05, 3.63) is 65.4 Å². The number of nitrogens with one attached hydrogen (secondary N) is 1. The van der Waals surface area contributed by atoms with Crippen LogP contribution in [0.15, 0.2) is 47.1 Å². The highest BCUT2D eigenvalue weighted by Crippen LogP contribution is 2.31. The number of hydrogen-bond donors (Lipinski definition) is 1. The molecule has 8 heteroatoms. The van der Waals surface area contributed by atoms with Crippen molar-refractivity contribution in [1.82, 2.24) is 25.3 Å². The average Bonchev–Trinajstić information content (AvgIpc) is 3.47. The fourth-order valence-corrected chi connectivity index (χ4v) is 4.55. The van der Waals surface area contributed by atoms with Gasteiger partial charge in [-0.25, -0.2) is 4.68 Å². The first kappa shape index (κ1) is 21.2. The quantitative estimate of drug-likeness (QED) is 0.503. The summed E-state index contributed by atoms with van der Waals surface area (Å²) in [6.07, 6.45) is 3.14. The number of amides is 1. The normalized spacial score (nSPS) is 14.7. The van der Waals surface area contributed by atoms with E-state index < -0.39 is 0 Å². The van der Waals surface area contributed by atoms with Crippen molar-refractivity contribution in [3.63, 3.8) is 0 Å². The van der Waals surface area contributed by atoms with Gasteiger partial charge in [0.1, 0.15) is 11.3 Å². The topological polar surface area (TPSA) is 89.1 Å². The molecule has 1 aliphatic rings. The van der Waals surface area contributed by atoms with Gasteiger partial charge in [0.05, 0.1) is 35.3 Å². The zero-order chi connectivity index (χ0) is 22.9. The van der Waals surface area contributed by atoms with Gasteiger partial charge in [-0.1, -0.05) is 17.7 Å². The molecule has 0 saturated carbocycles. The Balaban J connectivity index is 1.35. The second-order valence-electron chi connectivity index (χ2n) is 8.72. The Bertz CT molecular complexity index is 1270. The van der Waals surface area contributed by atoms with Gasteiger partial charge in [-0.3, -0.25) is 4.79 Å². The van der Waals surface area contributed by atoms with E-state index in [4.69, 9.17) is 9.52 Å². The minimum absolute atomic E-state index is 0.0167. The van der Waals surface area contributed by atoms with Gasteiger partial charge >= 0.3 is 0 Å². The Kier molecular flexibility index (Phi) is 5.58. The van der Waals surface area contributed by atoms with Crippen molar-refractivity contribution < 1.29 is 9.21 Å². The fraction of sp³-hybridized carbons (Fsp3) is 0.360. The summed E-state index contributed by atoms with van der Waals surface area (Å²) in [5, 5.41) is 17.9. The van der Waals surface area contributed by atoms with Crippen LogP contribution in [-0.4, -0.2) is 39.0 Å². The van der Waals surface area contributed by atoms with Crippen LogP contribution in [0.1, 0.15) is 35.6 Å². The summed E-state index contributed by atoms with van der Waals surface area (Å²) >= 11 is 0. The molecule has 1 saturated heterocycles. The third kappa shape index (κ3) is 4.08. The SMILES string of the molecule is Cc1ccc(-n2nc3c(N4CCC(C(=O)NCc5ccco5)CC4)nnc(C)c3c2C)cc1. The lowest BCUT2D eigenvalue weighted by atomic mass is 9.95. The van der Waals surface area contributed by atoms with Gasteiger partial charge in [0.2, 0.25) is 5.91 Å². The number of nitrogens with zero attached hydrogens (tertiary/aromatic N) is 5. The predicted octanol–water partition coefficient (Wildman–Crippen LogP) is 3.87. The number of rotatable bonds is 5. The van der Waals surface area contributed by atoms with Crippen molar-refractivity contribution >= 4 is 22.6 Å². The Morgan fingerprint density at radius 1 is 1.09 bits per heavy atom. The van der Waals surface area contributed by atoms with Crippen molar-refractivity contribution in [2.24, 2.45) is 5.92 Å². The first-order chi connectivity index (χ1) is 16.0. The first-order valence-electron chi connectivity index (χ1n) is 11.4. The van der Waals surface area contributed by atoms with E-state index in [1.807, 2.05) is 23.7 Å². The molecule has 3 aromatic heterocycles. The van der Waals surface area contributed by atoms with Crippen LogP contribution < -0.4 is 10.2 Å². The first-order valence-corrected chi connectivity index (χ1v) is 11.4. The lowest BCUT2D eigenvalue weighted by Crippen LogP contribution is -2.40. The number of aryl methyl sites for hydroxylation is 3. The van der Waals surface area contributed by atoms with Gasteiger partial charge in [-0.05, 0) is 57.9 Å². The number of anilines is 1. The number of benzene rings is 1. The largest absolute Gasteiger partial charge is 0.467 e. The van der Waals surface area contributed by atoms with Gasteiger partial charge in [-0.15, -0.1) is 5.10 Å². The molecule has 5 rings (SSSR count). The molecule has 0 bridgehead atoms. The van der Waals surface area contributed by atoms with Gasteiger partial charge in [0.15, 0.2) is 5.82 Å². The van der Waals surface area contributed by atoms with Crippen molar-refractivity contribution in [3.8, 4) is 5.69 Å². The number of hydrogen-bond acceptors (Lipinski definition) is 6. The molecule has 0 radical (unpaired) electrons. The Morgan fingerprint density at radius 2 is 1.85 bits per heavy atom. The molecule has 1 aliphatic heterocycles. The molecule has 170 valence electrons. The Labute approximate surface area is 192 Å². The number of aromatic nitrogens is 4. The van der Waals surface area contributed by atoms with Gasteiger partial charge < -0.3 is 14.6 Å². The third-order valence-corrected chi connectivity index (χ3v) is 6.45. The van der Waals surface area contributed by atoms with Crippen LogP contribution in [0.4, 0.5) is 5.82 Å². The number of carbonyl (C=O) groups excluding carboxylic acids is 1. The lowest BCUT2D eigenvalue weighted by molar-refractivity contribution is -0.125. The Hall–Kier alpha value is -3.68. The molecule has 1 amide bonds. The van der Waals surface area contributed by atoms with Crippen LogP contribution in [0.5, 0.6) is 0 Å². The summed E-state index contributed by atoms with van der Waals surface area (Å²) in [7, 11) is 0. The summed E-state index contributed by atoms with van der Waals surface area (Å²) in [4.78, 5) is 14.8. The van der Waals surface area contributed by atoms with Crippen molar-refractivity contribution in [1.29, 1.82) is 0 Å². The van der Waals surface area contributed by atoms with Gasteiger partial charge in [0.25, 0.3) is 0 Å². The molecule has 1 fully saturated rings. The maximum absolute atomic E-state index is 12.6. The number of fused-ring (bicyclic) bond motifs is 1.